The van der Waals surface area contributed by atoms with Gasteiger partial charge >= 0.3 is 0 Å². The number of likely N-dealkylation sites (tertiary alicyclic amines) is 1. The van der Waals surface area contributed by atoms with Crippen LogP contribution in [-0.4, -0.2) is 49.1 Å². The summed E-state index contributed by atoms with van der Waals surface area (Å²) in [4.78, 5) is 5.13. The van der Waals surface area contributed by atoms with Gasteiger partial charge < -0.3 is 9.80 Å². The molecule has 2 aliphatic rings. The first kappa shape index (κ1) is 13.1. The second-order valence-electron chi connectivity index (χ2n) is 6.38. The van der Waals surface area contributed by atoms with Gasteiger partial charge in [-0.3, -0.25) is 0 Å². The topological polar surface area (TPSA) is 6.48 Å². The molecule has 1 aromatic carbocycles. The molecule has 0 aromatic heterocycles. The Balaban J connectivity index is 1.51. The zero-order valence-corrected chi connectivity index (χ0v) is 12.3. The molecule has 2 nitrogen and oxygen atoms in total. The largest absolute Gasteiger partial charge is 0.303 e. The Hall–Kier alpha value is -0.860. The molecule has 1 unspecified atom stereocenters. The van der Waals surface area contributed by atoms with E-state index in [2.05, 4.69) is 48.2 Å². The first-order valence-electron chi connectivity index (χ1n) is 7.71. The molecule has 0 bridgehead atoms. The van der Waals surface area contributed by atoms with E-state index in [4.69, 9.17) is 0 Å². The van der Waals surface area contributed by atoms with E-state index in [9.17, 15) is 0 Å². The molecule has 0 N–H and O–H groups in total. The van der Waals surface area contributed by atoms with Crippen LogP contribution in [0.2, 0.25) is 0 Å². The van der Waals surface area contributed by atoms with E-state index in [0.29, 0.717) is 0 Å². The minimum atomic E-state index is 0.726. The highest BCUT2D eigenvalue weighted by atomic mass is 15.2. The van der Waals surface area contributed by atoms with Gasteiger partial charge in [-0.1, -0.05) is 24.3 Å². The summed E-state index contributed by atoms with van der Waals surface area (Å²) < 4.78 is 0. The lowest BCUT2D eigenvalue weighted by molar-refractivity contribution is 0.209. The number of nitrogens with zero attached hydrogens (tertiary/aromatic N) is 2. The van der Waals surface area contributed by atoms with Crippen LogP contribution in [0.3, 0.4) is 0 Å². The van der Waals surface area contributed by atoms with Gasteiger partial charge in [0.1, 0.15) is 0 Å². The van der Waals surface area contributed by atoms with Crippen molar-refractivity contribution < 1.29 is 0 Å². The van der Waals surface area contributed by atoms with Crippen LogP contribution in [0.5, 0.6) is 0 Å². The lowest BCUT2D eigenvalue weighted by Crippen LogP contribution is -2.36. The van der Waals surface area contributed by atoms with Gasteiger partial charge in [-0.25, -0.2) is 0 Å². The Labute approximate surface area is 117 Å². The molecule has 104 valence electrons. The third kappa shape index (κ3) is 2.85. The second-order valence-corrected chi connectivity index (χ2v) is 6.38. The Morgan fingerprint density at radius 3 is 2.47 bits per heavy atom. The Morgan fingerprint density at radius 2 is 1.89 bits per heavy atom. The van der Waals surface area contributed by atoms with Gasteiger partial charge in [0, 0.05) is 12.1 Å². The number of benzene rings is 1. The molecule has 19 heavy (non-hydrogen) atoms. The van der Waals surface area contributed by atoms with Crippen molar-refractivity contribution in [2.75, 3.05) is 27.2 Å². The lowest BCUT2D eigenvalue weighted by Gasteiger charge is -2.27. The summed E-state index contributed by atoms with van der Waals surface area (Å²) >= 11 is 0. The van der Waals surface area contributed by atoms with Crippen LogP contribution in [-0.2, 0) is 12.8 Å². The molecule has 1 aliphatic heterocycles. The van der Waals surface area contributed by atoms with Gasteiger partial charge in [0.05, 0.1) is 0 Å². The summed E-state index contributed by atoms with van der Waals surface area (Å²) in [6.45, 7) is 2.54. The minimum absolute atomic E-state index is 0.726. The third-order valence-electron chi connectivity index (χ3n) is 5.14. The fourth-order valence-corrected chi connectivity index (χ4v) is 3.73. The zero-order valence-electron chi connectivity index (χ0n) is 12.3. The van der Waals surface area contributed by atoms with Crippen LogP contribution in [0.4, 0.5) is 0 Å². The number of rotatable bonds is 4. The maximum absolute atomic E-state index is 2.59. The number of likely N-dealkylation sites (N-methyl/N-ethyl adjacent to an activating group) is 1. The van der Waals surface area contributed by atoms with Crippen LogP contribution < -0.4 is 0 Å². The standard InChI is InChI=1S/C17H26N2/c1-18-10-5-8-16(18)9-11-19(2)17-12-14-6-3-4-7-15(14)13-17/h3-4,6-7,16-17H,5,8-13H2,1-2H3. The lowest BCUT2D eigenvalue weighted by atomic mass is 10.1. The minimum Gasteiger partial charge on any atom is -0.303 e. The van der Waals surface area contributed by atoms with Gasteiger partial charge in [-0.05, 0) is 70.4 Å². The summed E-state index contributed by atoms with van der Waals surface area (Å²) in [7, 11) is 4.59. The van der Waals surface area contributed by atoms with E-state index in [-0.39, 0.29) is 0 Å². The van der Waals surface area contributed by atoms with Crippen LogP contribution >= 0.6 is 0 Å². The molecule has 1 heterocycles. The van der Waals surface area contributed by atoms with Gasteiger partial charge in [0.25, 0.3) is 0 Å². The van der Waals surface area contributed by atoms with Gasteiger partial charge in [-0.2, -0.15) is 0 Å². The third-order valence-corrected chi connectivity index (χ3v) is 5.14. The molecule has 1 atom stereocenters. The average Bonchev–Trinajstić information content (AvgIpc) is 3.01. The van der Waals surface area contributed by atoms with Crippen LogP contribution in [0.25, 0.3) is 0 Å². The predicted molar refractivity (Wildman–Crippen MR) is 80.5 cm³/mol. The van der Waals surface area contributed by atoms with Crippen molar-refractivity contribution in [3.8, 4) is 0 Å². The molecule has 2 heteroatoms. The highest BCUT2D eigenvalue weighted by Gasteiger charge is 2.26. The first-order chi connectivity index (χ1) is 9.24. The van der Waals surface area contributed by atoms with E-state index in [0.717, 1.165) is 12.1 Å². The van der Waals surface area contributed by atoms with Crippen molar-refractivity contribution in [3.63, 3.8) is 0 Å². The van der Waals surface area contributed by atoms with E-state index in [1.54, 1.807) is 11.1 Å². The van der Waals surface area contributed by atoms with Gasteiger partial charge in [0.2, 0.25) is 0 Å². The molecular weight excluding hydrogens is 232 g/mol. The maximum Gasteiger partial charge on any atom is 0.0173 e. The molecule has 0 spiro atoms. The summed E-state index contributed by atoms with van der Waals surface area (Å²) in [5.74, 6) is 0. The quantitative estimate of drug-likeness (QED) is 0.819. The van der Waals surface area contributed by atoms with Gasteiger partial charge in [-0.15, -0.1) is 0 Å². The van der Waals surface area contributed by atoms with Crippen LogP contribution in [0, 0.1) is 0 Å². The van der Waals surface area contributed by atoms with E-state index in [1.807, 2.05) is 0 Å². The number of fused-ring (bicyclic) bond motifs is 1. The molecule has 0 radical (unpaired) electrons. The fraction of sp³-hybridized carbons (Fsp3) is 0.647. The zero-order chi connectivity index (χ0) is 13.2. The van der Waals surface area contributed by atoms with E-state index in [1.165, 1.54) is 45.2 Å². The Bertz CT molecular complexity index is 404. The summed E-state index contributed by atoms with van der Waals surface area (Å²) in [5, 5.41) is 0. The van der Waals surface area contributed by atoms with Crippen molar-refractivity contribution in [3.05, 3.63) is 35.4 Å². The van der Waals surface area contributed by atoms with Gasteiger partial charge in [0.15, 0.2) is 0 Å². The van der Waals surface area contributed by atoms with Crippen molar-refractivity contribution in [2.45, 2.75) is 44.2 Å². The molecule has 3 rings (SSSR count). The van der Waals surface area contributed by atoms with Crippen molar-refractivity contribution >= 4 is 0 Å². The highest BCUT2D eigenvalue weighted by molar-refractivity contribution is 5.33. The monoisotopic (exact) mass is 258 g/mol. The van der Waals surface area contributed by atoms with E-state index < -0.39 is 0 Å². The molecular formula is C17H26N2. The predicted octanol–water partition coefficient (Wildman–Crippen LogP) is 2.57. The second kappa shape index (κ2) is 5.64. The summed E-state index contributed by atoms with van der Waals surface area (Å²) in [6, 6.07) is 10.5. The summed E-state index contributed by atoms with van der Waals surface area (Å²) in [5.41, 5.74) is 3.13. The summed E-state index contributed by atoms with van der Waals surface area (Å²) in [6.07, 6.45) is 6.61. The number of hydrogen-bond donors (Lipinski definition) is 0. The smallest absolute Gasteiger partial charge is 0.0173 e. The van der Waals surface area contributed by atoms with E-state index >= 15 is 0 Å². The highest BCUT2D eigenvalue weighted by Crippen LogP contribution is 2.25. The fourth-order valence-electron chi connectivity index (χ4n) is 3.73. The molecule has 1 fully saturated rings. The SMILES string of the molecule is CN1CCCC1CCN(C)C1Cc2ccccc2C1. The van der Waals surface area contributed by atoms with Crippen LogP contribution in [0.1, 0.15) is 30.4 Å². The van der Waals surface area contributed by atoms with Crippen molar-refractivity contribution in [1.82, 2.24) is 9.80 Å². The molecule has 0 saturated carbocycles. The molecule has 1 aromatic rings. The van der Waals surface area contributed by atoms with Crippen molar-refractivity contribution in [2.24, 2.45) is 0 Å². The van der Waals surface area contributed by atoms with Crippen LogP contribution in [0.15, 0.2) is 24.3 Å². The van der Waals surface area contributed by atoms with Crippen molar-refractivity contribution in [1.29, 1.82) is 0 Å². The first-order valence-corrected chi connectivity index (χ1v) is 7.71. The number of hydrogen-bond acceptors (Lipinski definition) is 2. The average molecular weight is 258 g/mol. The molecule has 0 amide bonds. The normalized spacial score (nSPS) is 24.3. The maximum atomic E-state index is 2.59. The Kier molecular flexibility index (Phi) is 3.90. The molecule has 1 saturated heterocycles. The Morgan fingerprint density at radius 1 is 1.21 bits per heavy atom. The molecule has 1 aliphatic carbocycles.